The predicted octanol–water partition coefficient (Wildman–Crippen LogP) is 13.0. The van der Waals surface area contributed by atoms with Crippen LogP contribution in [0.25, 0.3) is 0 Å². The van der Waals surface area contributed by atoms with E-state index in [0.29, 0.717) is 19.3 Å². The Morgan fingerprint density at radius 1 is 0.534 bits per heavy atom. The fourth-order valence-electron chi connectivity index (χ4n) is 6.55. The predicted molar refractivity (Wildman–Crippen MR) is 243 cm³/mol. The highest BCUT2D eigenvalue weighted by molar-refractivity contribution is 5.72. The van der Waals surface area contributed by atoms with Crippen LogP contribution in [0.15, 0.2) is 60.8 Å². The molecule has 0 fully saturated rings. The molecule has 0 aromatic carbocycles. The normalized spacial score (nSPS) is 13.5. The van der Waals surface area contributed by atoms with E-state index < -0.39 is 18.1 Å². The monoisotopic (exact) mass is 815 g/mol. The van der Waals surface area contributed by atoms with E-state index in [2.05, 4.69) is 74.6 Å². The molecule has 0 spiro atoms. The second-order valence-electron chi connectivity index (χ2n) is 16.6. The number of unbranched alkanes of at least 4 members (excludes halogenated alkanes) is 17. The average Bonchev–Trinajstić information content (AvgIpc) is 3.18. The molecule has 0 aromatic heterocycles. The van der Waals surface area contributed by atoms with Gasteiger partial charge in [0, 0.05) is 19.3 Å². The number of allylic oxidation sites excluding steroid dienone is 10. The number of nitrogens with zero attached hydrogens (tertiary/aromatic N) is 1. The molecule has 0 aliphatic rings. The van der Waals surface area contributed by atoms with Crippen molar-refractivity contribution >= 4 is 17.9 Å². The van der Waals surface area contributed by atoms with Gasteiger partial charge in [-0.25, -0.2) is 4.79 Å². The summed E-state index contributed by atoms with van der Waals surface area (Å²) in [6.07, 6.45) is 49.7. The standard InChI is InChI=1S/C50H87NO7/c1-6-8-10-12-14-16-18-20-22-23-24-25-27-29-31-33-35-37-39-41-49(53)58-46(44-56-43-42-47(50(54)55)51(3,4)5)45-57-48(52)40-38-36-34-32-30-28-26-21-19-17-15-13-11-9-7-2/h8,10,14,16,20-22,24-26,46-47H,6-7,9,11-13,15,17-19,23,27-45H2,1-5H3/p+1/b10-8-,16-14-,22-20-,25-24-,26-21-. The first-order valence-corrected chi connectivity index (χ1v) is 23.3. The van der Waals surface area contributed by atoms with Crippen LogP contribution in [0.5, 0.6) is 0 Å². The van der Waals surface area contributed by atoms with E-state index in [0.717, 1.165) is 89.9 Å². The van der Waals surface area contributed by atoms with Crippen molar-refractivity contribution in [2.45, 2.75) is 199 Å². The molecule has 8 heteroatoms. The van der Waals surface area contributed by atoms with E-state index in [1.807, 2.05) is 21.1 Å². The summed E-state index contributed by atoms with van der Waals surface area (Å²) in [4.78, 5) is 37.0. The Hall–Kier alpha value is -2.97. The van der Waals surface area contributed by atoms with E-state index in [-0.39, 0.29) is 36.2 Å². The lowest BCUT2D eigenvalue weighted by Crippen LogP contribution is -2.50. The molecule has 334 valence electrons. The van der Waals surface area contributed by atoms with Gasteiger partial charge in [-0.2, -0.15) is 0 Å². The highest BCUT2D eigenvalue weighted by Gasteiger charge is 2.31. The lowest BCUT2D eigenvalue weighted by atomic mass is 10.1. The van der Waals surface area contributed by atoms with Crippen molar-refractivity contribution in [1.29, 1.82) is 0 Å². The molecule has 8 nitrogen and oxygen atoms in total. The van der Waals surface area contributed by atoms with Crippen LogP contribution in [0.4, 0.5) is 0 Å². The molecule has 2 unspecified atom stereocenters. The first kappa shape index (κ1) is 55.0. The van der Waals surface area contributed by atoms with Crippen LogP contribution in [0.2, 0.25) is 0 Å². The van der Waals surface area contributed by atoms with E-state index in [1.165, 1.54) is 64.2 Å². The minimum Gasteiger partial charge on any atom is -0.477 e. The van der Waals surface area contributed by atoms with Crippen molar-refractivity contribution in [1.82, 2.24) is 0 Å². The number of carboxylic acids is 1. The van der Waals surface area contributed by atoms with Gasteiger partial charge in [0.2, 0.25) is 0 Å². The Labute approximate surface area is 356 Å². The Bertz CT molecular complexity index is 1130. The van der Waals surface area contributed by atoms with Crippen LogP contribution in [-0.4, -0.2) is 80.6 Å². The average molecular weight is 815 g/mol. The third-order valence-electron chi connectivity index (χ3n) is 10.2. The van der Waals surface area contributed by atoms with Gasteiger partial charge in [-0.15, -0.1) is 0 Å². The van der Waals surface area contributed by atoms with Gasteiger partial charge in [0.05, 0.1) is 34.4 Å². The van der Waals surface area contributed by atoms with Crippen LogP contribution >= 0.6 is 0 Å². The molecule has 58 heavy (non-hydrogen) atoms. The summed E-state index contributed by atoms with van der Waals surface area (Å²) < 4.78 is 17.3. The van der Waals surface area contributed by atoms with Crippen molar-refractivity contribution in [3.05, 3.63) is 60.8 Å². The van der Waals surface area contributed by atoms with Crippen molar-refractivity contribution in [3.8, 4) is 0 Å². The van der Waals surface area contributed by atoms with Crippen LogP contribution in [-0.2, 0) is 28.6 Å². The van der Waals surface area contributed by atoms with Crippen molar-refractivity contribution in [2.24, 2.45) is 0 Å². The molecular weight excluding hydrogens is 727 g/mol. The zero-order valence-electron chi connectivity index (χ0n) is 38.0. The highest BCUT2D eigenvalue weighted by Crippen LogP contribution is 2.14. The summed E-state index contributed by atoms with van der Waals surface area (Å²) in [7, 11) is 5.52. The lowest BCUT2D eigenvalue weighted by molar-refractivity contribution is -0.887. The molecule has 0 amide bonds. The number of hydrogen-bond donors (Lipinski definition) is 1. The van der Waals surface area contributed by atoms with Gasteiger partial charge in [-0.1, -0.05) is 152 Å². The van der Waals surface area contributed by atoms with Crippen LogP contribution < -0.4 is 0 Å². The number of ether oxygens (including phenoxy) is 3. The van der Waals surface area contributed by atoms with E-state index in [4.69, 9.17) is 14.2 Å². The number of hydrogen-bond acceptors (Lipinski definition) is 6. The fourth-order valence-corrected chi connectivity index (χ4v) is 6.55. The van der Waals surface area contributed by atoms with Crippen molar-refractivity contribution < 1.29 is 38.2 Å². The zero-order valence-corrected chi connectivity index (χ0v) is 38.0. The number of likely N-dealkylation sites (N-methyl/N-ethyl adjacent to an activating group) is 1. The largest absolute Gasteiger partial charge is 0.477 e. The third-order valence-corrected chi connectivity index (χ3v) is 10.2. The topological polar surface area (TPSA) is 99.1 Å². The molecule has 0 bridgehead atoms. The summed E-state index contributed by atoms with van der Waals surface area (Å²) in [6, 6.07) is -0.620. The van der Waals surface area contributed by atoms with Gasteiger partial charge in [-0.3, -0.25) is 9.59 Å². The summed E-state index contributed by atoms with van der Waals surface area (Å²) in [5, 5.41) is 9.63. The molecule has 0 aromatic rings. The maximum absolute atomic E-state index is 12.8. The molecule has 1 N–H and O–H groups in total. The number of esters is 2. The highest BCUT2D eigenvalue weighted by atomic mass is 16.6. The van der Waals surface area contributed by atoms with Crippen LogP contribution in [0.1, 0.15) is 187 Å². The zero-order chi connectivity index (χ0) is 42.8. The Morgan fingerprint density at radius 2 is 0.966 bits per heavy atom. The van der Waals surface area contributed by atoms with Gasteiger partial charge in [0.25, 0.3) is 0 Å². The number of quaternary nitrogens is 1. The van der Waals surface area contributed by atoms with Gasteiger partial charge < -0.3 is 23.8 Å². The summed E-state index contributed by atoms with van der Waals surface area (Å²) >= 11 is 0. The molecule has 0 radical (unpaired) electrons. The lowest BCUT2D eigenvalue weighted by Gasteiger charge is -2.31. The second-order valence-corrected chi connectivity index (χ2v) is 16.6. The molecule has 0 rings (SSSR count). The quantitative estimate of drug-likeness (QED) is 0.0284. The van der Waals surface area contributed by atoms with E-state index in [1.54, 1.807) is 0 Å². The fraction of sp³-hybridized carbons (Fsp3) is 0.740. The van der Waals surface area contributed by atoms with Gasteiger partial charge in [0.1, 0.15) is 6.61 Å². The Morgan fingerprint density at radius 3 is 1.45 bits per heavy atom. The molecule has 0 heterocycles. The maximum Gasteiger partial charge on any atom is 0.362 e. The third kappa shape index (κ3) is 38.5. The smallest absolute Gasteiger partial charge is 0.362 e. The van der Waals surface area contributed by atoms with E-state index >= 15 is 0 Å². The minimum absolute atomic E-state index is 0.0508. The number of aliphatic carboxylic acids is 1. The number of carbonyl (C=O) groups is 3. The van der Waals surface area contributed by atoms with Crippen LogP contribution in [0.3, 0.4) is 0 Å². The SMILES string of the molecule is CC/C=C\C/C=C\C/C=C\C/C=C\CCCCCCCCC(=O)OC(COCCC(C(=O)O)[N+](C)(C)C)COC(=O)CCCCCCC/C=C\CCCCCCCC. The van der Waals surface area contributed by atoms with Gasteiger partial charge in [-0.05, 0) is 77.0 Å². The Balaban J connectivity index is 4.36. The molecule has 0 aliphatic carbocycles. The first-order chi connectivity index (χ1) is 28.1. The second kappa shape index (κ2) is 40.8. The number of rotatable bonds is 41. The first-order valence-electron chi connectivity index (χ1n) is 23.3. The van der Waals surface area contributed by atoms with E-state index in [9.17, 15) is 19.5 Å². The summed E-state index contributed by atoms with van der Waals surface area (Å²) in [5.74, 6) is -1.50. The molecular formula is C50H88NO7+. The molecule has 0 saturated carbocycles. The number of carbonyl (C=O) groups excluding carboxylic acids is 2. The van der Waals surface area contributed by atoms with Crippen molar-refractivity contribution in [2.75, 3.05) is 41.0 Å². The maximum atomic E-state index is 12.8. The number of carboxylic acid groups (broad SMARTS) is 1. The van der Waals surface area contributed by atoms with Crippen molar-refractivity contribution in [3.63, 3.8) is 0 Å². The molecule has 2 atom stereocenters. The van der Waals surface area contributed by atoms with Gasteiger partial charge in [0.15, 0.2) is 12.1 Å². The molecule has 0 saturated heterocycles. The van der Waals surface area contributed by atoms with Gasteiger partial charge >= 0.3 is 17.9 Å². The minimum atomic E-state index is -0.880. The summed E-state index contributed by atoms with van der Waals surface area (Å²) in [5.41, 5.74) is 0. The summed E-state index contributed by atoms with van der Waals surface area (Å²) in [6.45, 7) is 4.59. The Kier molecular flexibility index (Phi) is 38.7. The van der Waals surface area contributed by atoms with Crippen LogP contribution in [0, 0.1) is 0 Å². The molecule has 0 aliphatic heterocycles.